The topological polar surface area (TPSA) is 102 Å². The molecular formula is C23H32NO5P. The van der Waals surface area contributed by atoms with Crippen LogP contribution >= 0.6 is 7.82 Å². The third kappa shape index (κ3) is 6.93. The fourth-order valence-electron chi connectivity index (χ4n) is 4.04. The van der Waals surface area contributed by atoms with Gasteiger partial charge in [0.15, 0.2) is 0 Å². The second-order valence-corrected chi connectivity index (χ2v) is 9.86. The molecular weight excluding hydrogens is 401 g/mol. The SMILES string of the molecule is CC(C)Oc1ccc(CCc2ccc([C@@H]3CC[C@](N)(COP(=O)(O)O)C3)cc2)cc1. The van der Waals surface area contributed by atoms with Gasteiger partial charge in [-0.3, -0.25) is 4.52 Å². The number of ether oxygens (including phenoxy) is 1. The average Bonchev–Trinajstić information content (AvgIpc) is 3.08. The zero-order chi connectivity index (χ0) is 21.8. The largest absolute Gasteiger partial charge is 0.491 e. The summed E-state index contributed by atoms with van der Waals surface area (Å²) in [5.74, 6) is 1.19. The highest BCUT2D eigenvalue weighted by atomic mass is 31.2. The molecule has 1 aliphatic rings. The van der Waals surface area contributed by atoms with Gasteiger partial charge in [-0.25, -0.2) is 4.57 Å². The van der Waals surface area contributed by atoms with Crippen LogP contribution in [0.25, 0.3) is 0 Å². The van der Waals surface area contributed by atoms with E-state index < -0.39 is 13.4 Å². The van der Waals surface area contributed by atoms with Crippen molar-refractivity contribution in [3.63, 3.8) is 0 Å². The van der Waals surface area contributed by atoms with Crippen LogP contribution in [0.15, 0.2) is 48.5 Å². The second-order valence-electron chi connectivity index (χ2n) is 8.62. The molecule has 0 aromatic heterocycles. The summed E-state index contributed by atoms with van der Waals surface area (Å²) >= 11 is 0. The smallest absolute Gasteiger partial charge is 0.469 e. The number of rotatable bonds is 9. The van der Waals surface area contributed by atoms with E-state index in [-0.39, 0.29) is 18.6 Å². The van der Waals surface area contributed by atoms with Crippen molar-refractivity contribution in [3.05, 3.63) is 65.2 Å². The van der Waals surface area contributed by atoms with Gasteiger partial charge in [0.25, 0.3) is 0 Å². The number of benzene rings is 2. The van der Waals surface area contributed by atoms with Crippen LogP contribution < -0.4 is 10.5 Å². The quantitative estimate of drug-likeness (QED) is 0.509. The first-order valence-corrected chi connectivity index (χ1v) is 12.0. The maximum absolute atomic E-state index is 11.0. The molecule has 0 unspecified atom stereocenters. The molecule has 0 bridgehead atoms. The molecule has 4 N–H and O–H groups in total. The lowest BCUT2D eigenvalue weighted by Gasteiger charge is -2.24. The number of hydrogen-bond acceptors (Lipinski definition) is 4. The van der Waals surface area contributed by atoms with Gasteiger partial charge < -0.3 is 20.3 Å². The Kier molecular flexibility index (Phi) is 7.38. The summed E-state index contributed by atoms with van der Waals surface area (Å²) in [6, 6.07) is 16.9. The zero-order valence-corrected chi connectivity index (χ0v) is 18.6. The molecule has 6 nitrogen and oxygen atoms in total. The van der Waals surface area contributed by atoms with E-state index in [4.69, 9.17) is 20.3 Å². The highest BCUT2D eigenvalue weighted by Gasteiger charge is 2.38. The lowest BCUT2D eigenvalue weighted by Crippen LogP contribution is -2.41. The van der Waals surface area contributed by atoms with Gasteiger partial charge in [0.2, 0.25) is 0 Å². The fourth-order valence-corrected chi connectivity index (χ4v) is 4.46. The zero-order valence-electron chi connectivity index (χ0n) is 17.7. The molecule has 0 aliphatic heterocycles. The van der Waals surface area contributed by atoms with Gasteiger partial charge in [-0.05, 0) is 80.7 Å². The van der Waals surface area contributed by atoms with Gasteiger partial charge in [-0.1, -0.05) is 36.4 Å². The van der Waals surface area contributed by atoms with Crippen molar-refractivity contribution in [1.82, 2.24) is 0 Å². The average molecular weight is 433 g/mol. The molecule has 0 heterocycles. The third-order valence-electron chi connectivity index (χ3n) is 5.61. The molecule has 30 heavy (non-hydrogen) atoms. The van der Waals surface area contributed by atoms with Gasteiger partial charge in [0.05, 0.1) is 12.7 Å². The molecule has 1 saturated carbocycles. The van der Waals surface area contributed by atoms with Gasteiger partial charge in [0.1, 0.15) is 5.75 Å². The standard InChI is InChI=1S/C23H32NO5P/c1-17(2)29-22-11-7-19(8-12-22)4-3-18-5-9-20(10-6-18)21-13-14-23(24,15-21)16-28-30(25,26)27/h5-12,17,21H,3-4,13-16,24H2,1-2H3,(H2,25,26,27)/t21-,23-/m1/s1. The summed E-state index contributed by atoms with van der Waals surface area (Å²) in [7, 11) is -4.49. The first kappa shape index (κ1) is 23.0. The van der Waals surface area contributed by atoms with Gasteiger partial charge in [-0.2, -0.15) is 0 Å². The monoisotopic (exact) mass is 433 g/mol. The van der Waals surface area contributed by atoms with Crippen LogP contribution in [-0.4, -0.2) is 28.0 Å². The summed E-state index contributed by atoms with van der Waals surface area (Å²) < 4.78 is 21.3. The molecule has 0 amide bonds. The first-order valence-electron chi connectivity index (χ1n) is 10.5. The highest BCUT2D eigenvalue weighted by molar-refractivity contribution is 7.46. The molecule has 0 radical (unpaired) electrons. The third-order valence-corrected chi connectivity index (χ3v) is 6.08. The van der Waals surface area contributed by atoms with E-state index in [9.17, 15) is 4.57 Å². The van der Waals surface area contributed by atoms with Crippen molar-refractivity contribution in [2.24, 2.45) is 5.73 Å². The van der Waals surface area contributed by atoms with E-state index in [1.165, 1.54) is 16.7 Å². The Morgan fingerprint density at radius 3 is 2.17 bits per heavy atom. The van der Waals surface area contributed by atoms with Crippen molar-refractivity contribution in [2.45, 2.75) is 63.5 Å². The predicted octanol–water partition coefficient (Wildman–Crippen LogP) is 4.33. The first-order chi connectivity index (χ1) is 14.1. The second kappa shape index (κ2) is 9.63. The summed E-state index contributed by atoms with van der Waals surface area (Å²) in [5, 5.41) is 0. The summed E-state index contributed by atoms with van der Waals surface area (Å²) in [6.45, 7) is 3.92. The molecule has 1 aliphatic carbocycles. The van der Waals surface area contributed by atoms with Crippen LogP contribution in [0.3, 0.4) is 0 Å². The Balaban J connectivity index is 1.51. The van der Waals surface area contributed by atoms with Crippen LogP contribution in [-0.2, 0) is 21.9 Å². The molecule has 164 valence electrons. The fraction of sp³-hybridized carbons (Fsp3) is 0.478. The van der Waals surface area contributed by atoms with Crippen LogP contribution in [0.2, 0.25) is 0 Å². The molecule has 3 rings (SSSR count). The Bertz CT molecular complexity index is 862. The van der Waals surface area contributed by atoms with Crippen LogP contribution in [0.4, 0.5) is 0 Å². The van der Waals surface area contributed by atoms with Crippen molar-refractivity contribution in [2.75, 3.05) is 6.61 Å². The maximum Gasteiger partial charge on any atom is 0.469 e. The van der Waals surface area contributed by atoms with E-state index in [1.807, 2.05) is 26.0 Å². The minimum absolute atomic E-state index is 0.118. The molecule has 0 saturated heterocycles. The van der Waals surface area contributed by atoms with E-state index in [0.29, 0.717) is 12.8 Å². The molecule has 7 heteroatoms. The van der Waals surface area contributed by atoms with Crippen LogP contribution in [0.1, 0.15) is 55.7 Å². The Morgan fingerprint density at radius 2 is 1.63 bits per heavy atom. The van der Waals surface area contributed by atoms with Gasteiger partial charge in [0, 0.05) is 5.54 Å². The van der Waals surface area contributed by atoms with Gasteiger partial charge >= 0.3 is 7.82 Å². The van der Waals surface area contributed by atoms with Crippen LogP contribution in [0.5, 0.6) is 5.75 Å². The van der Waals surface area contributed by atoms with Crippen molar-refractivity contribution >= 4 is 7.82 Å². The Labute approximate surface area is 178 Å². The van der Waals surface area contributed by atoms with Gasteiger partial charge in [-0.15, -0.1) is 0 Å². The predicted molar refractivity (Wildman–Crippen MR) is 118 cm³/mol. The highest BCUT2D eigenvalue weighted by Crippen LogP contribution is 2.43. The van der Waals surface area contributed by atoms with E-state index >= 15 is 0 Å². The van der Waals surface area contributed by atoms with Crippen molar-refractivity contribution < 1.29 is 23.6 Å². The normalized spacial score (nSPS) is 21.9. The summed E-state index contributed by atoms with van der Waals surface area (Å²) in [6.07, 6.45) is 4.36. The number of nitrogens with two attached hydrogens (primary N) is 1. The molecule has 1 fully saturated rings. The van der Waals surface area contributed by atoms with E-state index in [0.717, 1.165) is 25.0 Å². The molecule has 2 aromatic carbocycles. The van der Waals surface area contributed by atoms with Crippen molar-refractivity contribution in [3.8, 4) is 5.75 Å². The lowest BCUT2D eigenvalue weighted by molar-refractivity contribution is 0.153. The number of phosphoric acid groups is 1. The number of hydrogen-bond donors (Lipinski definition) is 3. The van der Waals surface area contributed by atoms with Crippen molar-refractivity contribution in [1.29, 1.82) is 0 Å². The Hall–Kier alpha value is -1.69. The van der Waals surface area contributed by atoms with E-state index in [1.54, 1.807) is 0 Å². The summed E-state index contributed by atoms with van der Waals surface area (Å²) in [4.78, 5) is 17.8. The molecule has 2 aromatic rings. The minimum atomic E-state index is -4.49. The molecule has 0 spiro atoms. The number of phosphoric ester groups is 1. The minimum Gasteiger partial charge on any atom is -0.491 e. The molecule has 2 atom stereocenters. The lowest BCUT2D eigenvalue weighted by atomic mass is 9.92. The maximum atomic E-state index is 11.0. The Morgan fingerprint density at radius 1 is 1.07 bits per heavy atom. The number of aryl methyl sites for hydroxylation is 2. The van der Waals surface area contributed by atoms with E-state index in [2.05, 4.69) is 40.9 Å². The summed E-state index contributed by atoms with van der Waals surface area (Å²) in [5.41, 5.74) is 9.39. The van der Waals surface area contributed by atoms with Crippen LogP contribution in [0, 0.1) is 0 Å².